The number of piperidine rings is 2. The van der Waals surface area contributed by atoms with Crippen LogP contribution in [-0.2, 0) is 25.6 Å². The van der Waals surface area contributed by atoms with Crippen LogP contribution in [0.3, 0.4) is 0 Å². The molecule has 3 aliphatic heterocycles. The third-order valence-electron chi connectivity index (χ3n) is 6.12. The molecular formula is C21H27N3O5. The predicted octanol–water partition coefficient (Wildman–Crippen LogP) is 1.93. The number of amides is 3. The van der Waals surface area contributed by atoms with E-state index in [4.69, 9.17) is 9.47 Å². The van der Waals surface area contributed by atoms with Crippen LogP contribution in [-0.4, -0.2) is 61.3 Å². The average molecular weight is 401 g/mol. The monoisotopic (exact) mass is 401 g/mol. The Labute approximate surface area is 170 Å². The van der Waals surface area contributed by atoms with Crippen LogP contribution >= 0.6 is 0 Å². The Morgan fingerprint density at radius 1 is 1.00 bits per heavy atom. The average Bonchev–Trinajstić information content (AvgIpc) is 3.05. The molecule has 0 N–H and O–H groups in total. The zero-order valence-corrected chi connectivity index (χ0v) is 16.9. The summed E-state index contributed by atoms with van der Waals surface area (Å²) in [5, 5.41) is 2.35. The lowest BCUT2D eigenvalue weighted by Gasteiger charge is -2.36. The maximum absolute atomic E-state index is 12.8. The molecule has 0 saturated carbocycles. The number of carbonyl (C=O) groups excluding carboxylic acids is 3. The number of hydrogen-bond donors (Lipinski definition) is 0. The van der Waals surface area contributed by atoms with Gasteiger partial charge in [-0.05, 0) is 43.0 Å². The molecule has 29 heavy (non-hydrogen) atoms. The fraction of sp³-hybridized carbons (Fsp3) is 0.571. The molecule has 1 aromatic rings. The summed E-state index contributed by atoms with van der Waals surface area (Å²) in [6.45, 7) is 2.02. The fourth-order valence-electron chi connectivity index (χ4n) is 4.57. The number of ether oxygens (including phenoxy) is 2. The summed E-state index contributed by atoms with van der Waals surface area (Å²) in [5.41, 5.74) is 2.47. The van der Waals surface area contributed by atoms with E-state index in [-0.39, 0.29) is 30.6 Å². The molecular weight excluding hydrogens is 374 g/mol. The van der Waals surface area contributed by atoms with E-state index in [1.807, 2.05) is 18.2 Å². The molecule has 0 bridgehead atoms. The molecule has 2 fully saturated rings. The van der Waals surface area contributed by atoms with Crippen molar-refractivity contribution in [3.63, 3.8) is 0 Å². The van der Waals surface area contributed by atoms with E-state index < -0.39 is 0 Å². The number of nitrogens with zero attached hydrogens (tertiary/aromatic N) is 3. The molecule has 3 amide bonds. The van der Waals surface area contributed by atoms with E-state index in [9.17, 15) is 14.4 Å². The van der Waals surface area contributed by atoms with E-state index in [1.165, 1.54) is 5.01 Å². The summed E-state index contributed by atoms with van der Waals surface area (Å²) in [7, 11) is 3.34. The van der Waals surface area contributed by atoms with Crippen molar-refractivity contribution in [2.45, 2.75) is 44.9 Å². The van der Waals surface area contributed by atoms with E-state index in [2.05, 4.69) is 4.90 Å². The number of carbonyl (C=O) groups is 3. The number of hydrogen-bond acceptors (Lipinski definition) is 6. The van der Waals surface area contributed by atoms with Crippen LogP contribution in [0.4, 0.5) is 5.69 Å². The highest BCUT2D eigenvalue weighted by Gasteiger charge is 2.39. The number of fused-ring (bicyclic) bond motifs is 1. The van der Waals surface area contributed by atoms with Gasteiger partial charge in [0.25, 0.3) is 5.91 Å². The second-order valence-electron chi connectivity index (χ2n) is 7.82. The molecule has 8 heteroatoms. The number of anilines is 1. The van der Waals surface area contributed by atoms with Gasteiger partial charge in [0.05, 0.1) is 6.54 Å². The lowest BCUT2D eigenvalue weighted by atomic mass is 9.95. The molecule has 0 unspecified atom stereocenters. The van der Waals surface area contributed by atoms with Gasteiger partial charge in [0.1, 0.15) is 0 Å². The van der Waals surface area contributed by atoms with Gasteiger partial charge in [0.15, 0.2) is 6.29 Å². The molecule has 0 spiro atoms. The van der Waals surface area contributed by atoms with Gasteiger partial charge in [-0.15, -0.1) is 0 Å². The standard InChI is InChI=1S/C21H27N3O5/c1-28-21(29-2)14-8-10-22(11-9-14)16-6-7-17-15(12-16)13-23(20(17)27)24-18(25)4-3-5-19(24)26/h6-7,12,14,21H,3-5,8-11,13H2,1-2H3. The molecule has 0 aromatic heterocycles. The zero-order chi connectivity index (χ0) is 20.5. The quantitative estimate of drug-likeness (QED) is 0.554. The lowest BCUT2D eigenvalue weighted by Crippen LogP contribution is -2.51. The lowest BCUT2D eigenvalue weighted by molar-refractivity contribution is -0.163. The predicted molar refractivity (Wildman–Crippen MR) is 105 cm³/mol. The van der Waals surface area contributed by atoms with Crippen LogP contribution in [0.2, 0.25) is 0 Å². The summed E-state index contributed by atoms with van der Waals surface area (Å²) >= 11 is 0. The Morgan fingerprint density at radius 2 is 1.66 bits per heavy atom. The molecule has 156 valence electrons. The molecule has 8 nitrogen and oxygen atoms in total. The second kappa shape index (κ2) is 8.12. The van der Waals surface area contributed by atoms with E-state index in [0.717, 1.165) is 42.2 Å². The fourth-order valence-corrected chi connectivity index (χ4v) is 4.57. The summed E-state index contributed by atoms with van der Waals surface area (Å²) in [5.74, 6) is -0.508. The highest BCUT2D eigenvalue weighted by atomic mass is 16.7. The Kier molecular flexibility index (Phi) is 5.56. The van der Waals surface area contributed by atoms with Crippen molar-refractivity contribution >= 4 is 23.4 Å². The van der Waals surface area contributed by atoms with Crippen LogP contribution in [0.15, 0.2) is 18.2 Å². The van der Waals surface area contributed by atoms with Crippen LogP contribution in [0, 0.1) is 5.92 Å². The van der Waals surface area contributed by atoms with Crippen LogP contribution in [0.1, 0.15) is 48.0 Å². The highest BCUT2D eigenvalue weighted by molar-refractivity contribution is 6.04. The van der Waals surface area contributed by atoms with Gasteiger partial charge in [0.2, 0.25) is 11.8 Å². The molecule has 3 aliphatic rings. The maximum atomic E-state index is 12.8. The minimum absolute atomic E-state index is 0.178. The van der Waals surface area contributed by atoms with Gasteiger partial charge >= 0.3 is 0 Å². The highest BCUT2D eigenvalue weighted by Crippen LogP contribution is 2.32. The van der Waals surface area contributed by atoms with Gasteiger partial charge < -0.3 is 14.4 Å². The van der Waals surface area contributed by atoms with Gasteiger partial charge in [-0.2, -0.15) is 5.01 Å². The number of methoxy groups -OCH3 is 2. The van der Waals surface area contributed by atoms with Crippen molar-refractivity contribution in [2.75, 3.05) is 32.2 Å². The van der Waals surface area contributed by atoms with Crippen molar-refractivity contribution in [1.29, 1.82) is 0 Å². The third kappa shape index (κ3) is 3.62. The Bertz CT molecular complexity index is 799. The number of rotatable bonds is 5. The summed E-state index contributed by atoms with van der Waals surface area (Å²) < 4.78 is 10.8. The van der Waals surface area contributed by atoms with E-state index in [1.54, 1.807) is 14.2 Å². The van der Waals surface area contributed by atoms with Gasteiger partial charge in [-0.1, -0.05) is 0 Å². The Balaban J connectivity index is 1.47. The van der Waals surface area contributed by atoms with Crippen LogP contribution in [0.25, 0.3) is 0 Å². The maximum Gasteiger partial charge on any atom is 0.273 e. The third-order valence-corrected chi connectivity index (χ3v) is 6.12. The first-order valence-corrected chi connectivity index (χ1v) is 10.1. The second-order valence-corrected chi connectivity index (χ2v) is 7.82. The molecule has 4 rings (SSSR count). The SMILES string of the molecule is COC(OC)C1CCN(c2ccc3c(c2)CN(N2C(=O)CCCC2=O)C3=O)CC1. The summed E-state index contributed by atoms with van der Waals surface area (Å²) in [4.78, 5) is 39.5. The normalized spacial score (nSPS) is 20.8. The van der Waals surface area contributed by atoms with Crippen molar-refractivity contribution in [2.24, 2.45) is 5.92 Å². The zero-order valence-electron chi connectivity index (χ0n) is 16.9. The van der Waals surface area contributed by atoms with Crippen LogP contribution in [0.5, 0.6) is 0 Å². The molecule has 0 atom stereocenters. The number of benzene rings is 1. The minimum Gasteiger partial charge on any atom is -0.372 e. The largest absolute Gasteiger partial charge is 0.372 e. The van der Waals surface area contributed by atoms with Gasteiger partial charge in [-0.3, -0.25) is 14.4 Å². The van der Waals surface area contributed by atoms with E-state index >= 15 is 0 Å². The number of imide groups is 1. The molecule has 2 saturated heterocycles. The molecule has 0 aliphatic carbocycles. The number of hydrazine groups is 1. The molecule has 0 radical (unpaired) electrons. The van der Waals surface area contributed by atoms with Crippen molar-refractivity contribution in [3.05, 3.63) is 29.3 Å². The smallest absolute Gasteiger partial charge is 0.273 e. The van der Waals surface area contributed by atoms with Gasteiger partial charge in [0, 0.05) is 57.3 Å². The first kappa shape index (κ1) is 19.8. The molecule has 3 heterocycles. The van der Waals surface area contributed by atoms with Crippen molar-refractivity contribution in [1.82, 2.24) is 10.0 Å². The minimum atomic E-state index is -0.296. The summed E-state index contributed by atoms with van der Waals surface area (Å²) in [6, 6.07) is 5.77. The Hall–Kier alpha value is -2.45. The van der Waals surface area contributed by atoms with Crippen molar-refractivity contribution in [3.8, 4) is 0 Å². The van der Waals surface area contributed by atoms with Crippen molar-refractivity contribution < 1.29 is 23.9 Å². The van der Waals surface area contributed by atoms with Gasteiger partial charge in [-0.25, -0.2) is 5.01 Å². The molecule has 1 aromatic carbocycles. The summed E-state index contributed by atoms with van der Waals surface area (Å²) in [6.07, 6.45) is 2.90. The van der Waals surface area contributed by atoms with Crippen LogP contribution < -0.4 is 4.90 Å². The first-order chi connectivity index (χ1) is 14.0. The topological polar surface area (TPSA) is 79.4 Å². The first-order valence-electron chi connectivity index (χ1n) is 10.1. The van der Waals surface area contributed by atoms with E-state index in [0.29, 0.717) is 30.7 Å². The Morgan fingerprint density at radius 3 is 2.28 bits per heavy atom.